The Kier molecular flexibility index (Phi) is 3.00. The molecule has 0 fully saturated rings. The van der Waals surface area contributed by atoms with Crippen molar-refractivity contribution in [2.75, 3.05) is 0 Å². The zero-order valence-electron chi connectivity index (χ0n) is 8.27. The monoisotopic (exact) mass is 261 g/mol. The molecule has 0 unspecified atom stereocenters. The van der Waals surface area contributed by atoms with Gasteiger partial charge in [-0.1, -0.05) is 23.2 Å². The molecule has 2 aromatic rings. The highest BCUT2D eigenvalue weighted by molar-refractivity contribution is 6.36. The molecule has 0 spiro atoms. The second kappa shape index (κ2) is 4.15. The van der Waals surface area contributed by atoms with Gasteiger partial charge in [0.1, 0.15) is 5.69 Å². The molecule has 0 saturated heterocycles. The van der Waals surface area contributed by atoms with Crippen LogP contribution in [0.1, 0.15) is 17.7 Å². The average molecular weight is 262 g/mol. The van der Waals surface area contributed by atoms with E-state index >= 15 is 0 Å². The Hall–Kier alpha value is -0.930. The summed E-state index contributed by atoms with van der Waals surface area (Å²) in [6, 6.07) is 4.46. The van der Waals surface area contributed by atoms with E-state index in [4.69, 9.17) is 23.2 Å². The molecule has 1 aromatic carbocycles. The Balaban J connectivity index is 2.82. The lowest BCUT2D eigenvalue weighted by Gasteiger charge is -2.07. The first-order valence-corrected chi connectivity index (χ1v) is 5.29. The van der Waals surface area contributed by atoms with Crippen molar-refractivity contribution >= 4 is 34.1 Å². The minimum absolute atomic E-state index is 0.242. The second-order valence-corrected chi connectivity index (χ2v) is 4.29. The van der Waals surface area contributed by atoms with Crippen molar-refractivity contribution < 1.29 is 8.78 Å². The Labute approximate surface area is 101 Å². The number of benzene rings is 1. The predicted molar refractivity (Wildman–Crippen MR) is 61.5 cm³/mol. The first-order valence-electron chi connectivity index (χ1n) is 4.53. The molecule has 5 heteroatoms. The number of fused-ring (bicyclic) bond motifs is 1. The van der Waals surface area contributed by atoms with E-state index in [9.17, 15) is 8.78 Å². The van der Waals surface area contributed by atoms with Crippen LogP contribution in [-0.4, -0.2) is 4.98 Å². The van der Waals surface area contributed by atoms with E-state index in [0.29, 0.717) is 15.9 Å². The fraction of sp³-hybridized carbons (Fsp3) is 0.182. The van der Waals surface area contributed by atoms with Gasteiger partial charge >= 0.3 is 0 Å². The molecule has 0 aliphatic carbocycles. The highest BCUT2D eigenvalue weighted by atomic mass is 35.5. The fourth-order valence-corrected chi connectivity index (χ4v) is 2.08. The lowest BCUT2D eigenvalue weighted by molar-refractivity contribution is 0.146. The molecule has 0 saturated carbocycles. The van der Waals surface area contributed by atoms with Gasteiger partial charge in [0.2, 0.25) is 0 Å². The Bertz CT molecular complexity index is 555. The van der Waals surface area contributed by atoms with Gasteiger partial charge in [-0.2, -0.15) is 0 Å². The standard InChI is InChI=1S/C11H7Cl2F2N/c1-5-2-6(12)3-7-8(13)4-9(11(14)15)16-10(5)7/h2-4,11H,1H3. The molecule has 0 N–H and O–H groups in total. The molecule has 0 atom stereocenters. The number of hydrogen-bond donors (Lipinski definition) is 0. The first kappa shape index (κ1) is 11.6. The van der Waals surface area contributed by atoms with Gasteiger partial charge in [0.05, 0.1) is 10.5 Å². The third-order valence-electron chi connectivity index (χ3n) is 2.26. The number of hydrogen-bond acceptors (Lipinski definition) is 1. The maximum atomic E-state index is 12.5. The smallest absolute Gasteiger partial charge is 0.246 e. The van der Waals surface area contributed by atoms with E-state index in [-0.39, 0.29) is 10.7 Å². The predicted octanol–water partition coefficient (Wildman–Crippen LogP) is 4.79. The lowest BCUT2D eigenvalue weighted by atomic mass is 10.1. The van der Waals surface area contributed by atoms with Crippen LogP contribution in [-0.2, 0) is 0 Å². The summed E-state index contributed by atoms with van der Waals surface area (Å²) in [6.07, 6.45) is -2.63. The van der Waals surface area contributed by atoms with Crippen molar-refractivity contribution in [3.63, 3.8) is 0 Å². The van der Waals surface area contributed by atoms with Crippen molar-refractivity contribution in [1.82, 2.24) is 4.98 Å². The molecule has 84 valence electrons. The molecule has 0 aliphatic rings. The Morgan fingerprint density at radius 3 is 2.50 bits per heavy atom. The van der Waals surface area contributed by atoms with Crippen molar-refractivity contribution in [2.24, 2.45) is 0 Å². The lowest BCUT2D eigenvalue weighted by Crippen LogP contribution is -1.93. The summed E-state index contributed by atoms with van der Waals surface area (Å²) in [7, 11) is 0. The summed E-state index contributed by atoms with van der Waals surface area (Å²) in [5.41, 5.74) is 0.877. The topological polar surface area (TPSA) is 12.9 Å². The summed E-state index contributed by atoms with van der Waals surface area (Å²) in [6.45, 7) is 1.76. The van der Waals surface area contributed by atoms with Gasteiger partial charge < -0.3 is 0 Å². The SMILES string of the molecule is Cc1cc(Cl)cc2c(Cl)cc(C(F)F)nc12. The van der Waals surface area contributed by atoms with Crippen LogP contribution in [0.3, 0.4) is 0 Å². The quantitative estimate of drug-likeness (QED) is 0.720. The van der Waals surface area contributed by atoms with Crippen LogP contribution in [0.25, 0.3) is 10.9 Å². The maximum absolute atomic E-state index is 12.5. The van der Waals surface area contributed by atoms with Gasteiger partial charge in [-0.15, -0.1) is 0 Å². The molecule has 16 heavy (non-hydrogen) atoms. The van der Waals surface area contributed by atoms with Crippen LogP contribution >= 0.6 is 23.2 Å². The van der Waals surface area contributed by atoms with Gasteiger partial charge in [-0.25, -0.2) is 13.8 Å². The van der Waals surface area contributed by atoms with Crippen molar-refractivity contribution in [1.29, 1.82) is 0 Å². The largest absolute Gasteiger partial charge is 0.280 e. The highest BCUT2D eigenvalue weighted by Crippen LogP contribution is 2.31. The third-order valence-corrected chi connectivity index (χ3v) is 2.79. The van der Waals surface area contributed by atoms with Gasteiger partial charge in [0, 0.05) is 10.4 Å². The van der Waals surface area contributed by atoms with Crippen LogP contribution in [0.15, 0.2) is 18.2 Å². The summed E-state index contributed by atoms with van der Waals surface area (Å²) in [4.78, 5) is 3.88. The third kappa shape index (κ3) is 1.97. The van der Waals surface area contributed by atoms with Crippen molar-refractivity contribution in [3.05, 3.63) is 39.5 Å². The number of aryl methyl sites for hydroxylation is 1. The second-order valence-electron chi connectivity index (χ2n) is 3.45. The molecule has 0 amide bonds. The van der Waals surface area contributed by atoms with E-state index in [2.05, 4.69) is 4.98 Å². The van der Waals surface area contributed by atoms with Gasteiger partial charge in [-0.05, 0) is 30.7 Å². The minimum Gasteiger partial charge on any atom is -0.246 e. The zero-order valence-corrected chi connectivity index (χ0v) is 9.78. The molecule has 1 aromatic heterocycles. The fourth-order valence-electron chi connectivity index (χ4n) is 1.55. The molecule has 1 heterocycles. The van der Waals surface area contributed by atoms with E-state index in [1.807, 2.05) is 0 Å². The molecular formula is C11H7Cl2F2N. The molecule has 1 nitrogen and oxygen atoms in total. The summed E-state index contributed by atoms with van der Waals surface area (Å²) in [5.74, 6) is 0. The summed E-state index contributed by atoms with van der Waals surface area (Å²) >= 11 is 11.8. The zero-order chi connectivity index (χ0) is 11.9. The Morgan fingerprint density at radius 2 is 1.88 bits per heavy atom. The average Bonchev–Trinajstić information content (AvgIpc) is 2.19. The number of pyridine rings is 1. The first-order chi connectivity index (χ1) is 7.49. The highest BCUT2D eigenvalue weighted by Gasteiger charge is 2.13. The molecule has 0 radical (unpaired) electrons. The molecular weight excluding hydrogens is 255 g/mol. The van der Waals surface area contributed by atoms with E-state index in [1.165, 1.54) is 6.07 Å². The number of nitrogens with zero attached hydrogens (tertiary/aromatic N) is 1. The van der Waals surface area contributed by atoms with Gasteiger partial charge in [0.25, 0.3) is 6.43 Å². The summed E-state index contributed by atoms with van der Waals surface area (Å²) in [5, 5.41) is 1.35. The van der Waals surface area contributed by atoms with Crippen LogP contribution in [0, 0.1) is 6.92 Å². The van der Waals surface area contributed by atoms with Crippen LogP contribution in [0.4, 0.5) is 8.78 Å². The molecule has 2 rings (SSSR count). The maximum Gasteiger partial charge on any atom is 0.280 e. The van der Waals surface area contributed by atoms with Crippen molar-refractivity contribution in [3.8, 4) is 0 Å². The van der Waals surface area contributed by atoms with Crippen LogP contribution < -0.4 is 0 Å². The minimum atomic E-state index is -2.63. The van der Waals surface area contributed by atoms with Gasteiger partial charge in [0.15, 0.2) is 0 Å². The van der Waals surface area contributed by atoms with E-state index < -0.39 is 6.43 Å². The number of halogens is 4. The van der Waals surface area contributed by atoms with Crippen LogP contribution in [0.2, 0.25) is 10.0 Å². The van der Waals surface area contributed by atoms with E-state index in [1.54, 1.807) is 19.1 Å². The Morgan fingerprint density at radius 1 is 1.19 bits per heavy atom. The number of rotatable bonds is 1. The van der Waals surface area contributed by atoms with E-state index in [0.717, 1.165) is 5.56 Å². The number of alkyl halides is 2. The number of aromatic nitrogens is 1. The molecule has 0 bridgehead atoms. The summed E-state index contributed by atoms with van der Waals surface area (Å²) < 4.78 is 25.1. The van der Waals surface area contributed by atoms with Gasteiger partial charge in [-0.3, -0.25) is 0 Å². The van der Waals surface area contributed by atoms with Crippen LogP contribution in [0.5, 0.6) is 0 Å². The van der Waals surface area contributed by atoms with Crippen molar-refractivity contribution in [2.45, 2.75) is 13.3 Å². The molecule has 0 aliphatic heterocycles. The normalized spacial score (nSPS) is 11.4.